The molecule has 0 bridgehead atoms. The first-order chi connectivity index (χ1) is 9.95. The van der Waals surface area contributed by atoms with Gasteiger partial charge < -0.3 is 0 Å². The predicted octanol–water partition coefficient (Wildman–Crippen LogP) is 4.84. The third kappa shape index (κ3) is 5.50. The monoisotopic (exact) mass is 327 g/mol. The number of nitrogens with zero attached hydrogens (tertiary/aromatic N) is 2. The van der Waals surface area contributed by atoms with Gasteiger partial charge in [-0.1, -0.05) is 37.4 Å². The Hall–Kier alpha value is -0.770. The van der Waals surface area contributed by atoms with Crippen molar-refractivity contribution in [2.45, 2.75) is 39.4 Å². The van der Waals surface area contributed by atoms with Crippen molar-refractivity contribution in [3.05, 3.63) is 29.8 Å². The largest absolute Gasteiger partial charge is 0.294 e. The molecule has 2 atom stereocenters. The fourth-order valence-corrected chi connectivity index (χ4v) is 6.48. The van der Waals surface area contributed by atoms with Gasteiger partial charge in [0.1, 0.15) is 0 Å². The summed E-state index contributed by atoms with van der Waals surface area (Å²) >= 11 is 1.50. The number of benzene rings is 1. The van der Waals surface area contributed by atoms with Crippen molar-refractivity contribution in [1.82, 2.24) is 9.76 Å². The molecule has 1 aromatic carbocycles. The molecular weight excluding hydrogens is 301 g/mol. The number of hydrogen-bond acceptors (Lipinski definition) is 3. The summed E-state index contributed by atoms with van der Waals surface area (Å²) in [4.78, 5) is 4.46. The van der Waals surface area contributed by atoms with Crippen LogP contribution in [0.4, 0.5) is 5.69 Å². The Bertz CT molecular complexity index is 521. The number of rotatable bonds is 8. The Morgan fingerprint density at radius 1 is 1.48 bits per heavy atom. The van der Waals surface area contributed by atoms with Gasteiger partial charge in [0.25, 0.3) is 6.65 Å². The second-order valence-corrected chi connectivity index (χ2v) is 10.0. The Morgan fingerprint density at radius 2 is 2.19 bits per heavy atom. The van der Waals surface area contributed by atoms with E-state index in [9.17, 15) is 4.57 Å². The molecule has 1 N–H and O–H groups in total. The van der Waals surface area contributed by atoms with Gasteiger partial charge in [0.2, 0.25) is 0 Å². The van der Waals surface area contributed by atoms with Crippen LogP contribution in [0.5, 0.6) is 0 Å². The molecular formula is C15H26N3OPS. The van der Waals surface area contributed by atoms with E-state index in [-0.39, 0.29) is 0 Å². The van der Waals surface area contributed by atoms with Crippen LogP contribution in [0.1, 0.15) is 32.8 Å². The minimum Gasteiger partial charge on any atom is -0.294 e. The molecule has 21 heavy (non-hydrogen) atoms. The average molecular weight is 327 g/mol. The van der Waals surface area contributed by atoms with E-state index in [2.05, 4.69) is 23.9 Å². The van der Waals surface area contributed by atoms with Crippen LogP contribution in [0, 0.1) is 6.92 Å². The van der Waals surface area contributed by atoms with Gasteiger partial charge in [-0.2, -0.15) is 0 Å². The topological polar surface area (TPSA) is 44.7 Å². The van der Waals surface area contributed by atoms with Crippen molar-refractivity contribution >= 4 is 30.1 Å². The lowest BCUT2D eigenvalue weighted by Crippen LogP contribution is -2.24. The predicted molar refractivity (Wildman–Crippen MR) is 95.7 cm³/mol. The van der Waals surface area contributed by atoms with Gasteiger partial charge in [0.05, 0.1) is 12.0 Å². The zero-order valence-corrected chi connectivity index (χ0v) is 15.2. The normalized spacial score (nSPS) is 15.9. The van der Waals surface area contributed by atoms with Crippen molar-refractivity contribution in [3.8, 4) is 0 Å². The van der Waals surface area contributed by atoms with Gasteiger partial charge in [-0.3, -0.25) is 9.24 Å². The summed E-state index contributed by atoms with van der Waals surface area (Å²) in [6.45, 7) is 6.20. The maximum atomic E-state index is 13.1. The zero-order chi connectivity index (χ0) is 15.9. The van der Waals surface area contributed by atoms with Crippen molar-refractivity contribution < 1.29 is 4.57 Å². The summed E-state index contributed by atoms with van der Waals surface area (Å²) in [5, 5.41) is 3.33. The quantitative estimate of drug-likeness (QED) is 0.422. The van der Waals surface area contributed by atoms with E-state index in [4.69, 9.17) is 0 Å². The molecule has 0 fully saturated rings. The molecule has 0 aromatic heterocycles. The van der Waals surface area contributed by atoms with Crippen LogP contribution in [0.25, 0.3) is 0 Å². The molecule has 1 rings (SSSR count). The van der Waals surface area contributed by atoms with Crippen molar-refractivity contribution in [2.24, 2.45) is 4.99 Å². The first kappa shape index (κ1) is 18.3. The minimum atomic E-state index is -2.68. The van der Waals surface area contributed by atoms with Gasteiger partial charge in [-0.25, -0.2) is 10.1 Å². The van der Waals surface area contributed by atoms with Crippen LogP contribution in [0.3, 0.4) is 0 Å². The Labute approximate surface area is 132 Å². The maximum absolute atomic E-state index is 13.1. The van der Waals surface area contributed by atoms with Crippen molar-refractivity contribution in [3.63, 3.8) is 0 Å². The van der Waals surface area contributed by atoms with E-state index in [0.29, 0.717) is 11.8 Å². The Morgan fingerprint density at radius 3 is 2.71 bits per heavy atom. The molecule has 0 amide bonds. The highest BCUT2D eigenvalue weighted by Crippen LogP contribution is 2.59. The second kappa shape index (κ2) is 8.62. The Kier molecular flexibility index (Phi) is 7.50. The van der Waals surface area contributed by atoms with Gasteiger partial charge >= 0.3 is 0 Å². The summed E-state index contributed by atoms with van der Waals surface area (Å²) in [6, 6.07) is 7.97. The second-order valence-electron chi connectivity index (χ2n) is 4.91. The van der Waals surface area contributed by atoms with E-state index in [0.717, 1.165) is 12.1 Å². The lowest BCUT2D eigenvalue weighted by molar-refractivity contribution is 0.535. The smallest absolute Gasteiger partial charge is 0.293 e. The third-order valence-corrected chi connectivity index (χ3v) is 8.90. The van der Waals surface area contributed by atoms with E-state index in [1.807, 2.05) is 42.8 Å². The molecule has 0 heterocycles. The molecule has 6 heteroatoms. The maximum Gasteiger partial charge on any atom is 0.293 e. The van der Waals surface area contributed by atoms with E-state index >= 15 is 0 Å². The van der Waals surface area contributed by atoms with Crippen LogP contribution >= 0.6 is 18.0 Å². The lowest BCUT2D eigenvalue weighted by atomic mass is 10.2. The fourth-order valence-electron chi connectivity index (χ4n) is 1.74. The van der Waals surface area contributed by atoms with Crippen LogP contribution < -0.4 is 5.09 Å². The minimum absolute atomic E-state index is 0.338. The molecule has 0 saturated heterocycles. The number of nitrogens with one attached hydrogen (secondary N) is 1. The SMILES string of the molecule is CCC(C)SP(=O)(NC)N(C=Nc1cccc(C)c1)CC. The summed E-state index contributed by atoms with van der Waals surface area (Å²) in [5.41, 5.74) is 2.04. The molecule has 4 nitrogen and oxygen atoms in total. The van der Waals surface area contributed by atoms with E-state index in [1.54, 1.807) is 13.4 Å². The fraction of sp³-hybridized carbons (Fsp3) is 0.533. The highest BCUT2D eigenvalue weighted by Gasteiger charge is 2.28. The zero-order valence-electron chi connectivity index (χ0n) is 13.5. The van der Waals surface area contributed by atoms with Crippen LogP contribution in [0.2, 0.25) is 0 Å². The average Bonchev–Trinajstić information content (AvgIpc) is 2.47. The van der Waals surface area contributed by atoms with Crippen LogP contribution in [-0.4, -0.2) is 29.9 Å². The first-order valence-electron chi connectivity index (χ1n) is 7.30. The highest BCUT2D eigenvalue weighted by molar-refractivity contribution is 8.57. The molecule has 0 spiro atoms. The van der Waals surface area contributed by atoms with E-state index < -0.39 is 6.65 Å². The summed E-state index contributed by atoms with van der Waals surface area (Å²) in [5.74, 6) is 0. The molecule has 118 valence electrons. The van der Waals surface area contributed by atoms with Gasteiger partial charge in [-0.15, -0.1) is 0 Å². The van der Waals surface area contributed by atoms with Crippen molar-refractivity contribution in [2.75, 3.05) is 13.6 Å². The molecule has 0 radical (unpaired) electrons. The molecule has 0 aliphatic heterocycles. The standard InChI is InChI=1S/C15H26N3OPS/c1-6-14(4)21-20(19,16-5)18(7-2)12-17-15-10-8-9-13(3)11-15/h8-12,14H,6-7H2,1-5H3,(H,16,19). The molecule has 0 aliphatic carbocycles. The molecule has 0 saturated carbocycles. The van der Waals surface area contributed by atoms with Crippen molar-refractivity contribution in [1.29, 1.82) is 0 Å². The summed E-state index contributed by atoms with van der Waals surface area (Å²) in [7, 11) is 1.75. The lowest BCUT2D eigenvalue weighted by Gasteiger charge is -2.29. The molecule has 0 aliphatic rings. The number of aliphatic imine (C=N–C) groups is 1. The third-order valence-electron chi connectivity index (χ3n) is 3.18. The summed E-state index contributed by atoms with van der Waals surface area (Å²) < 4.78 is 14.9. The van der Waals surface area contributed by atoms with Crippen LogP contribution in [0.15, 0.2) is 29.3 Å². The number of aryl methyl sites for hydroxylation is 1. The number of hydrogen-bond donors (Lipinski definition) is 1. The van der Waals surface area contributed by atoms with E-state index in [1.165, 1.54) is 16.9 Å². The van der Waals surface area contributed by atoms with Gasteiger partial charge in [0, 0.05) is 11.8 Å². The molecule has 1 aromatic rings. The van der Waals surface area contributed by atoms with Crippen LogP contribution in [-0.2, 0) is 4.57 Å². The van der Waals surface area contributed by atoms with Gasteiger partial charge in [-0.05, 0) is 45.0 Å². The molecule has 2 unspecified atom stereocenters. The van der Waals surface area contributed by atoms with Gasteiger partial charge in [0.15, 0.2) is 0 Å². The first-order valence-corrected chi connectivity index (χ1v) is 10.4. The highest BCUT2D eigenvalue weighted by atomic mass is 32.7. The Balaban J connectivity index is 2.92. The summed E-state index contributed by atoms with van der Waals surface area (Å²) in [6.07, 6.45) is 2.68.